The van der Waals surface area contributed by atoms with Gasteiger partial charge in [-0.2, -0.15) is 0 Å². The lowest BCUT2D eigenvalue weighted by Gasteiger charge is -2.16. The zero-order chi connectivity index (χ0) is 25.2. The lowest BCUT2D eigenvalue weighted by molar-refractivity contribution is -0.119. The van der Waals surface area contributed by atoms with E-state index in [2.05, 4.69) is 38.5 Å². The summed E-state index contributed by atoms with van der Waals surface area (Å²) in [7, 11) is 0. The Morgan fingerprint density at radius 3 is 2.81 bits per heavy atom. The summed E-state index contributed by atoms with van der Waals surface area (Å²) in [6.07, 6.45) is 4.77. The van der Waals surface area contributed by atoms with E-state index >= 15 is 0 Å². The Morgan fingerprint density at radius 2 is 2.03 bits per heavy atom. The molecule has 186 valence electrons. The van der Waals surface area contributed by atoms with Crippen LogP contribution in [0, 0.1) is 0 Å². The van der Waals surface area contributed by atoms with Gasteiger partial charge in [0, 0.05) is 77.1 Å². The third-order valence-electron chi connectivity index (χ3n) is 6.49. The van der Waals surface area contributed by atoms with Crippen LogP contribution >= 0.6 is 23.2 Å². The number of aromatic amines is 1. The van der Waals surface area contributed by atoms with Gasteiger partial charge in [-0.1, -0.05) is 35.3 Å². The van der Waals surface area contributed by atoms with E-state index in [-0.39, 0.29) is 18.6 Å². The normalized spacial score (nSPS) is 15.9. The molecular weight excluding hydrogens is 497 g/mol. The summed E-state index contributed by atoms with van der Waals surface area (Å²) in [6.45, 7) is 4.37. The average molecular weight is 524 g/mol. The first-order valence-corrected chi connectivity index (χ1v) is 12.5. The van der Waals surface area contributed by atoms with Crippen LogP contribution in [0.5, 0.6) is 5.75 Å². The number of hydrogen-bond donors (Lipinski definition) is 3. The molecule has 1 atom stereocenters. The standard InChI is InChI=1S/C27H27Cl2N5O2/c1-16(35)33-20-7-8-34(14-20)13-19-12-31-25-6-5-17(9-21(19)25)18-10-26(27(30)32-11-18)36-15-22-23(28)3-2-4-24(22)29/h2-6,9-12,20,31H,7-8,13-15H2,1H3,(H2,30,32)(H,33,35). The SMILES string of the molecule is CC(=O)NC1CCN(Cc2c[nH]c3ccc(-c4cnc(N)c(OCc5c(Cl)cccc5Cl)c4)cc23)C1. The maximum Gasteiger partial charge on any atom is 0.217 e. The molecule has 4 N–H and O–H groups in total. The van der Waals surface area contributed by atoms with Crippen LogP contribution in [-0.4, -0.2) is 39.9 Å². The quantitative estimate of drug-likeness (QED) is 0.301. The Morgan fingerprint density at radius 1 is 1.22 bits per heavy atom. The van der Waals surface area contributed by atoms with E-state index in [1.807, 2.05) is 12.1 Å². The first kappa shape index (κ1) is 24.4. The number of likely N-dealkylation sites (tertiary alicyclic amines) is 1. The molecule has 7 nitrogen and oxygen atoms in total. The van der Waals surface area contributed by atoms with Gasteiger partial charge in [-0.25, -0.2) is 4.98 Å². The lowest BCUT2D eigenvalue weighted by Crippen LogP contribution is -2.35. The highest BCUT2D eigenvalue weighted by atomic mass is 35.5. The number of nitrogens with zero attached hydrogens (tertiary/aromatic N) is 2. The van der Waals surface area contributed by atoms with Crippen molar-refractivity contribution in [3.63, 3.8) is 0 Å². The highest BCUT2D eigenvalue weighted by Crippen LogP contribution is 2.32. The maximum absolute atomic E-state index is 11.4. The second-order valence-electron chi connectivity index (χ2n) is 9.09. The molecule has 0 radical (unpaired) electrons. The van der Waals surface area contributed by atoms with E-state index in [0.717, 1.165) is 48.1 Å². The first-order valence-electron chi connectivity index (χ1n) is 11.8. The number of H-pyrrole nitrogens is 1. The van der Waals surface area contributed by atoms with E-state index in [4.69, 9.17) is 33.7 Å². The smallest absolute Gasteiger partial charge is 0.217 e. The number of nitrogen functional groups attached to an aromatic ring is 1. The van der Waals surface area contributed by atoms with Gasteiger partial charge in [0.2, 0.25) is 5.91 Å². The minimum atomic E-state index is 0.0222. The van der Waals surface area contributed by atoms with Gasteiger partial charge >= 0.3 is 0 Å². The van der Waals surface area contributed by atoms with Crippen LogP contribution in [0.15, 0.2) is 54.9 Å². The number of rotatable bonds is 7. The fourth-order valence-corrected chi connectivity index (χ4v) is 5.17. The Balaban J connectivity index is 1.36. The zero-order valence-electron chi connectivity index (χ0n) is 19.9. The fraction of sp³-hybridized carbons (Fsp3) is 0.259. The summed E-state index contributed by atoms with van der Waals surface area (Å²) in [5.41, 5.74) is 11.0. The van der Waals surface area contributed by atoms with E-state index in [1.165, 1.54) is 5.56 Å². The molecule has 0 spiro atoms. The summed E-state index contributed by atoms with van der Waals surface area (Å²) in [5, 5.41) is 5.25. The number of nitrogens with one attached hydrogen (secondary N) is 2. The lowest BCUT2D eigenvalue weighted by atomic mass is 10.0. The number of nitrogens with two attached hydrogens (primary N) is 1. The molecule has 1 aliphatic heterocycles. The van der Waals surface area contributed by atoms with Gasteiger partial charge < -0.3 is 20.8 Å². The van der Waals surface area contributed by atoms with Crippen molar-refractivity contribution < 1.29 is 9.53 Å². The number of aromatic nitrogens is 2. The van der Waals surface area contributed by atoms with Crippen LogP contribution in [0.1, 0.15) is 24.5 Å². The first-order chi connectivity index (χ1) is 17.4. The van der Waals surface area contributed by atoms with Gasteiger partial charge in [0.05, 0.1) is 0 Å². The Kier molecular flexibility index (Phi) is 7.05. The van der Waals surface area contributed by atoms with Crippen LogP contribution in [0.25, 0.3) is 22.0 Å². The molecule has 1 saturated heterocycles. The van der Waals surface area contributed by atoms with Gasteiger partial charge in [0.15, 0.2) is 11.6 Å². The molecule has 5 rings (SSSR count). The van der Waals surface area contributed by atoms with Crippen LogP contribution < -0.4 is 15.8 Å². The molecule has 2 aromatic heterocycles. The van der Waals surface area contributed by atoms with Crippen molar-refractivity contribution in [2.45, 2.75) is 32.5 Å². The minimum Gasteiger partial charge on any atom is -0.485 e. The van der Waals surface area contributed by atoms with Gasteiger partial charge in [0.1, 0.15) is 6.61 Å². The second kappa shape index (κ2) is 10.4. The molecule has 9 heteroatoms. The molecule has 2 aromatic carbocycles. The Labute approximate surface area is 219 Å². The van der Waals surface area contributed by atoms with Crippen molar-refractivity contribution in [1.82, 2.24) is 20.2 Å². The van der Waals surface area contributed by atoms with E-state index in [0.29, 0.717) is 27.2 Å². The number of carbonyl (C=O) groups excluding carboxylic acids is 1. The van der Waals surface area contributed by atoms with Gasteiger partial charge in [-0.05, 0) is 47.9 Å². The van der Waals surface area contributed by atoms with E-state index in [1.54, 1.807) is 31.3 Å². The molecule has 1 aliphatic rings. The van der Waals surface area contributed by atoms with Crippen LogP contribution in [-0.2, 0) is 17.9 Å². The summed E-state index contributed by atoms with van der Waals surface area (Å²) in [5.74, 6) is 0.793. The summed E-state index contributed by atoms with van der Waals surface area (Å²) >= 11 is 12.6. The number of amides is 1. The molecule has 1 amide bonds. The number of pyridine rings is 1. The second-order valence-corrected chi connectivity index (χ2v) is 9.91. The van der Waals surface area contributed by atoms with Crippen LogP contribution in [0.3, 0.4) is 0 Å². The topological polar surface area (TPSA) is 96.3 Å². The molecule has 1 fully saturated rings. The highest BCUT2D eigenvalue weighted by Gasteiger charge is 2.23. The third-order valence-corrected chi connectivity index (χ3v) is 7.20. The Hall–Kier alpha value is -3.26. The summed E-state index contributed by atoms with van der Waals surface area (Å²) < 4.78 is 5.97. The van der Waals surface area contributed by atoms with Crippen molar-refractivity contribution in [2.24, 2.45) is 0 Å². The van der Waals surface area contributed by atoms with Gasteiger partial charge in [0.25, 0.3) is 0 Å². The van der Waals surface area contributed by atoms with Crippen molar-refractivity contribution in [1.29, 1.82) is 0 Å². The maximum atomic E-state index is 11.4. The number of anilines is 1. The molecule has 0 bridgehead atoms. The molecule has 36 heavy (non-hydrogen) atoms. The van der Waals surface area contributed by atoms with E-state index < -0.39 is 0 Å². The number of benzene rings is 2. The molecule has 3 heterocycles. The van der Waals surface area contributed by atoms with E-state index in [9.17, 15) is 4.79 Å². The van der Waals surface area contributed by atoms with Crippen molar-refractivity contribution in [3.05, 3.63) is 76.0 Å². The molecule has 0 saturated carbocycles. The summed E-state index contributed by atoms with van der Waals surface area (Å²) in [4.78, 5) is 21.5. The fourth-order valence-electron chi connectivity index (χ4n) is 4.66. The monoisotopic (exact) mass is 523 g/mol. The van der Waals surface area contributed by atoms with Crippen molar-refractivity contribution in [2.75, 3.05) is 18.8 Å². The zero-order valence-corrected chi connectivity index (χ0v) is 21.4. The molecule has 4 aromatic rings. The number of hydrogen-bond acceptors (Lipinski definition) is 5. The molecular formula is C27H27Cl2N5O2. The number of fused-ring (bicyclic) bond motifs is 1. The average Bonchev–Trinajstić information content (AvgIpc) is 3.46. The van der Waals surface area contributed by atoms with Crippen LogP contribution in [0.2, 0.25) is 10.0 Å². The Bertz CT molecular complexity index is 1400. The molecule has 1 unspecified atom stereocenters. The third kappa shape index (κ3) is 5.28. The van der Waals surface area contributed by atoms with Gasteiger partial charge in [-0.15, -0.1) is 0 Å². The largest absolute Gasteiger partial charge is 0.485 e. The number of ether oxygens (including phenoxy) is 1. The highest BCUT2D eigenvalue weighted by molar-refractivity contribution is 6.35. The number of carbonyl (C=O) groups is 1. The number of halogens is 2. The summed E-state index contributed by atoms with van der Waals surface area (Å²) in [6, 6.07) is 13.7. The minimum absolute atomic E-state index is 0.0222. The molecule has 0 aliphatic carbocycles. The predicted molar refractivity (Wildman–Crippen MR) is 144 cm³/mol. The van der Waals surface area contributed by atoms with Crippen LogP contribution in [0.4, 0.5) is 5.82 Å². The van der Waals surface area contributed by atoms with Gasteiger partial charge in [-0.3, -0.25) is 9.69 Å². The van der Waals surface area contributed by atoms with Crippen molar-refractivity contribution >= 4 is 45.8 Å². The van der Waals surface area contributed by atoms with Crippen molar-refractivity contribution in [3.8, 4) is 16.9 Å². The predicted octanol–water partition coefficient (Wildman–Crippen LogP) is 5.41.